The van der Waals surface area contributed by atoms with Crippen molar-refractivity contribution < 1.29 is 0 Å². The average molecular weight is 361 g/mol. The highest BCUT2D eigenvalue weighted by atomic mass is 28.2. The Morgan fingerprint density at radius 2 is 1.76 bits per heavy atom. The molecule has 2 saturated carbocycles. The highest BCUT2D eigenvalue weighted by Crippen LogP contribution is 2.33. The summed E-state index contributed by atoms with van der Waals surface area (Å²) in [6.45, 7) is 4.59. The first-order chi connectivity index (χ1) is 12.3. The lowest BCUT2D eigenvalue weighted by atomic mass is 9.79. The summed E-state index contributed by atoms with van der Waals surface area (Å²) in [5.74, 6) is 2.70. The fraction of sp³-hybridized carbons (Fsp3) is 0.833. The second-order valence-electron chi connectivity index (χ2n) is 9.08. The van der Waals surface area contributed by atoms with E-state index in [1.165, 1.54) is 76.2 Å². The van der Waals surface area contributed by atoms with Gasteiger partial charge in [-0.15, -0.1) is 0 Å². The molecular formula is C24H44Si. The molecule has 0 aromatic carbocycles. The lowest BCUT2D eigenvalue weighted by Crippen LogP contribution is -2.13. The third-order valence-corrected chi connectivity index (χ3v) is 9.37. The number of allylic oxidation sites excluding steroid dienone is 4. The molecule has 0 heterocycles. The maximum atomic E-state index is 2.59. The van der Waals surface area contributed by atoms with E-state index in [1.807, 2.05) is 0 Å². The van der Waals surface area contributed by atoms with Gasteiger partial charge in [-0.1, -0.05) is 81.3 Å². The summed E-state index contributed by atoms with van der Waals surface area (Å²) in [5.41, 5.74) is 1.21. The van der Waals surface area contributed by atoms with Gasteiger partial charge in [0.2, 0.25) is 0 Å². The maximum absolute atomic E-state index is 2.59. The molecule has 0 aromatic rings. The molecule has 0 amide bonds. The van der Waals surface area contributed by atoms with Crippen molar-refractivity contribution in [2.24, 2.45) is 17.8 Å². The van der Waals surface area contributed by atoms with Gasteiger partial charge >= 0.3 is 0 Å². The molecule has 0 bridgehead atoms. The van der Waals surface area contributed by atoms with Gasteiger partial charge < -0.3 is 0 Å². The summed E-state index contributed by atoms with van der Waals surface area (Å²) in [6, 6.07) is 1.61. The third kappa shape index (κ3) is 9.27. The largest absolute Gasteiger partial charge is 0.0917 e. The van der Waals surface area contributed by atoms with Crippen molar-refractivity contribution in [3.63, 3.8) is 0 Å². The Bertz CT molecular complexity index is 370. The van der Waals surface area contributed by atoms with E-state index in [0.29, 0.717) is 0 Å². The summed E-state index contributed by atoms with van der Waals surface area (Å²) in [5, 5.41) is 0. The molecule has 1 unspecified atom stereocenters. The number of hydrogen-bond donors (Lipinski definition) is 0. The lowest BCUT2D eigenvalue weighted by molar-refractivity contribution is 0.296. The van der Waals surface area contributed by atoms with Crippen LogP contribution in [0.3, 0.4) is 0 Å². The summed E-state index contributed by atoms with van der Waals surface area (Å²) < 4.78 is 0. The Hall–Kier alpha value is -0.303. The minimum Gasteiger partial charge on any atom is -0.0917 e. The Balaban J connectivity index is 1.51. The Labute approximate surface area is 160 Å². The van der Waals surface area contributed by atoms with Crippen molar-refractivity contribution in [2.45, 2.75) is 109 Å². The minimum absolute atomic E-state index is 0.246. The molecular weight excluding hydrogens is 316 g/mol. The van der Waals surface area contributed by atoms with E-state index in [2.05, 4.69) is 38.2 Å². The van der Waals surface area contributed by atoms with Crippen molar-refractivity contribution >= 4 is 9.52 Å². The molecule has 1 heteroatoms. The highest BCUT2D eigenvalue weighted by molar-refractivity contribution is 6.37. The quantitative estimate of drug-likeness (QED) is 0.215. The Kier molecular flexibility index (Phi) is 10.9. The molecule has 0 nitrogen and oxygen atoms in total. The van der Waals surface area contributed by atoms with Crippen LogP contribution in [0.1, 0.15) is 97.3 Å². The molecule has 0 spiro atoms. The summed E-state index contributed by atoms with van der Waals surface area (Å²) >= 11 is 0. The van der Waals surface area contributed by atoms with E-state index in [4.69, 9.17) is 0 Å². The van der Waals surface area contributed by atoms with Crippen LogP contribution in [0, 0.1) is 17.8 Å². The Morgan fingerprint density at radius 3 is 2.48 bits per heavy atom. The molecule has 2 aliphatic carbocycles. The van der Waals surface area contributed by atoms with Gasteiger partial charge in [-0.25, -0.2) is 0 Å². The van der Waals surface area contributed by atoms with Crippen molar-refractivity contribution in [2.75, 3.05) is 0 Å². The average Bonchev–Trinajstić information content (AvgIpc) is 2.66. The van der Waals surface area contributed by atoms with E-state index in [9.17, 15) is 0 Å². The molecule has 1 atom stereocenters. The van der Waals surface area contributed by atoms with Gasteiger partial charge in [-0.2, -0.15) is 0 Å². The molecule has 2 fully saturated rings. The van der Waals surface area contributed by atoms with E-state index in [0.717, 1.165) is 17.8 Å². The van der Waals surface area contributed by atoms with Gasteiger partial charge in [-0.05, 0) is 69.6 Å². The summed E-state index contributed by atoms with van der Waals surface area (Å²) in [7, 11) is 0.246. The monoisotopic (exact) mass is 360 g/mol. The van der Waals surface area contributed by atoms with Crippen LogP contribution in [0.5, 0.6) is 0 Å². The smallest absolute Gasteiger partial charge is 0.0231 e. The zero-order chi connectivity index (χ0) is 17.7. The van der Waals surface area contributed by atoms with Gasteiger partial charge in [0.25, 0.3) is 0 Å². The van der Waals surface area contributed by atoms with Crippen LogP contribution in [-0.2, 0) is 0 Å². The fourth-order valence-electron chi connectivity index (χ4n) is 4.99. The fourth-order valence-corrected chi connectivity index (χ4v) is 7.30. The van der Waals surface area contributed by atoms with Gasteiger partial charge in [0.1, 0.15) is 0 Å². The van der Waals surface area contributed by atoms with Crippen molar-refractivity contribution in [1.82, 2.24) is 0 Å². The van der Waals surface area contributed by atoms with Crippen molar-refractivity contribution in [1.29, 1.82) is 0 Å². The van der Waals surface area contributed by atoms with Crippen LogP contribution < -0.4 is 0 Å². The third-order valence-electron chi connectivity index (χ3n) is 6.83. The summed E-state index contributed by atoms with van der Waals surface area (Å²) in [6.07, 6.45) is 28.9. The number of hydrogen-bond acceptors (Lipinski definition) is 0. The molecule has 0 radical (unpaired) electrons. The van der Waals surface area contributed by atoms with Crippen LogP contribution in [0.2, 0.25) is 11.6 Å². The zero-order valence-corrected chi connectivity index (χ0v) is 18.6. The predicted molar refractivity (Wildman–Crippen MR) is 117 cm³/mol. The normalized spacial score (nSPS) is 27.8. The molecule has 0 aromatic heterocycles. The first-order valence-electron chi connectivity index (χ1n) is 11.6. The molecule has 0 N–H and O–H groups in total. The predicted octanol–water partition coefficient (Wildman–Crippen LogP) is 7.46. The van der Waals surface area contributed by atoms with E-state index in [-0.39, 0.29) is 9.52 Å². The van der Waals surface area contributed by atoms with Crippen LogP contribution in [0.25, 0.3) is 0 Å². The molecule has 0 aliphatic heterocycles. The zero-order valence-electron chi connectivity index (χ0n) is 17.2. The maximum Gasteiger partial charge on any atom is 0.0231 e. The van der Waals surface area contributed by atoms with Gasteiger partial charge in [-0.3, -0.25) is 0 Å². The molecule has 25 heavy (non-hydrogen) atoms. The van der Waals surface area contributed by atoms with Crippen LogP contribution >= 0.6 is 0 Å². The van der Waals surface area contributed by atoms with Crippen LogP contribution in [-0.4, -0.2) is 9.52 Å². The lowest BCUT2D eigenvalue weighted by Gasteiger charge is -2.26. The van der Waals surface area contributed by atoms with E-state index >= 15 is 0 Å². The topological polar surface area (TPSA) is 0 Å². The molecule has 2 rings (SSSR count). The SMILES string of the molecule is CC=CCCC1CCC(C=CC(C)CCC[SiH2]C2CCCCC2)CC1. The first-order valence-corrected chi connectivity index (χ1v) is 13.4. The van der Waals surface area contributed by atoms with E-state index < -0.39 is 0 Å². The Morgan fingerprint density at radius 1 is 1.00 bits per heavy atom. The second-order valence-corrected chi connectivity index (χ2v) is 11.5. The van der Waals surface area contributed by atoms with Crippen molar-refractivity contribution in [3.05, 3.63) is 24.3 Å². The second kappa shape index (κ2) is 13.0. The van der Waals surface area contributed by atoms with Crippen molar-refractivity contribution in [3.8, 4) is 0 Å². The highest BCUT2D eigenvalue weighted by Gasteiger charge is 2.19. The van der Waals surface area contributed by atoms with Gasteiger partial charge in [0, 0.05) is 9.52 Å². The van der Waals surface area contributed by atoms with Gasteiger partial charge in [0.15, 0.2) is 0 Å². The van der Waals surface area contributed by atoms with Crippen LogP contribution in [0.4, 0.5) is 0 Å². The molecule has 2 aliphatic rings. The van der Waals surface area contributed by atoms with E-state index in [1.54, 1.807) is 18.9 Å². The number of rotatable bonds is 10. The minimum atomic E-state index is 0.246. The standard InChI is InChI=1S/C24H44Si/c1-3-4-6-11-22-16-18-23(19-17-22)15-14-21(2)10-9-20-25-24-12-7-5-8-13-24/h3-4,14-15,21-24H,5-13,16-20,25H2,1-2H3. The first kappa shape index (κ1) is 21.0. The van der Waals surface area contributed by atoms with Crippen LogP contribution in [0.15, 0.2) is 24.3 Å². The summed E-state index contributed by atoms with van der Waals surface area (Å²) in [4.78, 5) is 0. The molecule has 144 valence electrons. The van der Waals surface area contributed by atoms with Gasteiger partial charge in [0.05, 0.1) is 0 Å². The molecule has 0 saturated heterocycles.